The average Bonchev–Trinajstić information content (AvgIpc) is 2.81. The lowest BCUT2D eigenvalue weighted by Crippen LogP contribution is -2.36. The van der Waals surface area contributed by atoms with Gasteiger partial charge >= 0.3 is 0 Å². The topological polar surface area (TPSA) is 64.7 Å². The van der Waals surface area contributed by atoms with Crippen molar-refractivity contribution in [3.8, 4) is 0 Å². The molecule has 35 heavy (non-hydrogen) atoms. The second-order valence-electron chi connectivity index (χ2n) is 9.09. The minimum atomic E-state index is 0.0185. The van der Waals surface area contributed by atoms with E-state index in [-0.39, 0.29) is 11.8 Å². The summed E-state index contributed by atoms with van der Waals surface area (Å²) >= 11 is 1.81. The number of para-hydroxylation sites is 2. The number of nitrogens with one attached hydrogen (secondary N) is 2. The molecule has 0 aliphatic carbocycles. The van der Waals surface area contributed by atoms with Crippen LogP contribution in [0, 0.1) is 27.7 Å². The van der Waals surface area contributed by atoms with Gasteiger partial charge in [-0.2, -0.15) is 0 Å². The predicted octanol–water partition coefficient (Wildman–Crippen LogP) is 5.22. The summed E-state index contributed by atoms with van der Waals surface area (Å²) in [5, 5.41) is 6.17. The second-order valence-corrected chi connectivity index (χ2v) is 10.2. The summed E-state index contributed by atoms with van der Waals surface area (Å²) in [6.45, 7) is 15.6. The van der Waals surface area contributed by atoms with Crippen molar-refractivity contribution < 1.29 is 9.59 Å². The summed E-state index contributed by atoms with van der Waals surface area (Å²) in [7, 11) is 0. The number of thioether (sulfide) groups is 1. The van der Waals surface area contributed by atoms with Gasteiger partial charge in [0, 0.05) is 29.5 Å². The summed E-state index contributed by atoms with van der Waals surface area (Å²) in [5.41, 5.74) is 6.15. The zero-order valence-electron chi connectivity index (χ0n) is 22.2. The normalized spacial score (nSPS) is 11.2. The summed E-state index contributed by atoms with van der Waals surface area (Å²) in [4.78, 5) is 29.7. The number of benzene rings is 2. The monoisotopic (exact) mass is 498 g/mol. The molecule has 192 valence electrons. The first-order valence-corrected chi connectivity index (χ1v) is 13.6. The lowest BCUT2D eigenvalue weighted by atomic mass is 10.1. The van der Waals surface area contributed by atoms with Crippen LogP contribution in [0.4, 0.5) is 11.4 Å². The van der Waals surface area contributed by atoms with Gasteiger partial charge in [0.05, 0.1) is 13.1 Å². The molecular weight excluding hydrogens is 456 g/mol. The standard InChI is InChI=1S/C28H42N4O2S/c1-7-15-32(19-26(34)30-28-23(5)13-10-14-24(28)6)20-35-17-16-31(8-2)18-25(33)29-27-21(3)11-9-12-22(27)4/h9-14H,7-8,15-20H2,1-6H3,(H,29,33)(H,30,34). The van der Waals surface area contributed by atoms with Crippen LogP contribution in [-0.4, -0.2) is 66.0 Å². The van der Waals surface area contributed by atoms with Crippen LogP contribution in [0.1, 0.15) is 42.5 Å². The number of anilines is 2. The molecule has 2 amide bonds. The predicted molar refractivity (Wildman–Crippen MR) is 150 cm³/mol. The number of aryl methyl sites for hydroxylation is 4. The quantitative estimate of drug-likeness (QED) is 0.276. The molecule has 6 nitrogen and oxygen atoms in total. The van der Waals surface area contributed by atoms with Gasteiger partial charge < -0.3 is 10.6 Å². The number of likely N-dealkylation sites (N-methyl/N-ethyl adjacent to an activating group) is 1. The van der Waals surface area contributed by atoms with Gasteiger partial charge in [0.15, 0.2) is 0 Å². The molecule has 0 unspecified atom stereocenters. The van der Waals surface area contributed by atoms with E-state index in [1.165, 1.54) is 0 Å². The van der Waals surface area contributed by atoms with Gasteiger partial charge in [-0.1, -0.05) is 50.2 Å². The van der Waals surface area contributed by atoms with E-state index >= 15 is 0 Å². The van der Waals surface area contributed by atoms with E-state index < -0.39 is 0 Å². The highest BCUT2D eigenvalue weighted by Gasteiger charge is 2.14. The van der Waals surface area contributed by atoms with Gasteiger partial charge in [-0.05, 0) is 69.5 Å². The van der Waals surface area contributed by atoms with E-state index in [1.54, 1.807) is 0 Å². The van der Waals surface area contributed by atoms with Gasteiger partial charge in [0.2, 0.25) is 11.8 Å². The maximum atomic E-state index is 12.7. The first-order valence-electron chi connectivity index (χ1n) is 12.5. The Labute approximate surface area is 215 Å². The summed E-state index contributed by atoms with van der Waals surface area (Å²) in [6.07, 6.45) is 0.997. The van der Waals surface area contributed by atoms with Crippen molar-refractivity contribution in [1.82, 2.24) is 9.80 Å². The molecule has 0 aliphatic rings. The Morgan fingerprint density at radius 1 is 0.743 bits per heavy atom. The highest BCUT2D eigenvalue weighted by molar-refractivity contribution is 7.99. The van der Waals surface area contributed by atoms with E-state index in [2.05, 4.69) is 34.3 Å². The van der Waals surface area contributed by atoms with Crippen molar-refractivity contribution >= 4 is 35.0 Å². The Kier molecular flexibility index (Phi) is 12.3. The molecule has 0 heterocycles. The van der Waals surface area contributed by atoms with Crippen LogP contribution in [0.5, 0.6) is 0 Å². The van der Waals surface area contributed by atoms with Gasteiger partial charge in [0.25, 0.3) is 0 Å². The molecule has 0 spiro atoms. The van der Waals surface area contributed by atoms with Crippen molar-refractivity contribution in [2.75, 3.05) is 55.0 Å². The maximum absolute atomic E-state index is 12.7. The third kappa shape index (κ3) is 9.67. The zero-order chi connectivity index (χ0) is 25.8. The molecule has 2 rings (SSSR count). The lowest BCUT2D eigenvalue weighted by molar-refractivity contribution is -0.118. The fourth-order valence-corrected chi connectivity index (χ4v) is 5.02. The highest BCUT2D eigenvalue weighted by atomic mass is 32.2. The molecule has 0 aliphatic heterocycles. The third-order valence-electron chi connectivity index (χ3n) is 6.04. The summed E-state index contributed by atoms with van der Waals surface area (Å²) < 4.78 is 0. The first-order chi connectivity index (χ1) is 16.7. The molecule has 0 fully saturated rings. The maximum Gasteiger partial charge on any atom is 0.238 e. The third-order valence-corrected chi connectivity index (χ3v) is 7.06. The summed E-state index contributed by atoms with van der Waals surface area (Å²) in [6, 6.07) is 12.1. The number of amides is 2. The molecule has 0 saturated heterocycles. The van der Waals surface area contributed by atoms with E-state index in [1.807, 2.05) is 75.9 Å². The number of hydrogen-bond acceptors (Lipinski definition) is 5. The van der Waals surface area contributed by atoms with Crippen LogP contribution in [0.3, 0.4) is 0 Å². The van der Waals surface area contributed by atoms with E-state index in [9.17, 15) is 9.59 Å². The Bertz CT molecular complexity index is 939. The molecule has 2 N–H and O–H groups in total. The van der Waals surface area contributed by atoms with Gasteiger partial charge in [-0.25, -0.2) is 0 Å². The average molecular weight is 499 g/mol. The Balaban J connectivity index is 1.78. The van der Waals surface area contributed by atoms with Crippen molar-refractivity contribution in [3.63, 3.8) is 0 Å². The molecule has 0 bridgehead atoms. The zero-order valence-corrected chi connectivity index (χ0v) is 23.1. The van der Waals surface area contributed by atoms with Crippen LogP contribution < -0.4 is 10.6 Å². The molecule has 0 radical (unpaired) electrons. The van der Waals surface area contributed by atoms with Crippen LogP contribution >= 0.6 is 11.8 Å². The van der Waals surface area contributed by atoms with Crippen LogP contribution in [0.2, 0.25) is 0 Å². The van der Waals surface area contributed by atoms with Crippen molar-refractivity contribution in [3.05, 3.63) is 58.7 Å². The van der Waals surface area contributed by atoms with Crippen molar-refractivity contribution in [2.24, 2.45) is 0 Å². The van der Waals surface area contributed by atoms with E-state index in [0.29, 0.717) is 13.1 Å². The largest absolute Gasteiger partial charge is 0.324 e. The molecule has 2 aromatic carbocycles. The number of rotatable bonds is 14. The minimum Gasteiger partial charge on any atom is -0.324 e. The van der Waals surface area contributed by atoms with Gasteiger partial charge in [-0.15, -0.1) is 11.8 Å². The number of carbonyl (C=O) groups excluding carboxylic acids is 2. The van der Waals surface area contributed by atoms with Crippen molar-refractivity contribution in [2.45, 2.75) is 48.0 Å². The fraction of sp³-hybridized carbons (Fsp3) is 0.500. The van der Waals surface area contributed by atoms with Crippen LogP contribution in [0.25, 0.3) is 0 Å². The lowest BCUT2D eigenvalue weighted by Gasteiger charge is -2.23. The Morgan fingerprint density at radius 2 is 1.20 bits per heavy atom. The number of hydrogen-bond donors (Lipinski definition) is 2. The van der Waals surface area contributed by atoms with Crippen LogP contribution in [-0.2, 0) is 9.59 Å². The molecule has 0 saturated carbocycles. The molecule has 2 aromatic rings. The van der Waals surface area contributed by atoms with Gasteiger partial charge in [-0.3, -0.25) is 19.4 Å². The molecular formula is C28H42N4O2S. The van der Waals surface area contributed by atoms with Crippen LogP contribution in [0.15, 0.2) is 36.4 Å². The molecule has 7 heteroatoms. The number of nitrogens with zero attached hydrogens (tertiary/aromatic N) is 2. The van der Waals surface area contributed by atoms with Crippen molar-refractivity contribution in [1.29, 1.82) is 0 Å². The number of carbonyl (C=O) groups is 2. The fourth-order valence-electron chi connectivity index (χ4n) is 4.03. The Hall–Kier alpha value is -2.35. The van der Waals surface area contributed by atoms with E-state index in [0.717, 1.165) is 71.3 Å². The first kappa shape index (κ1) is 28.9. The second kappa shape index (κ2) is 14.9. The molecule has 0 aromatic heterocycles. The summed E-state index contributed by atoms with van der Waals surface area (Å²) in [5.74, 6) is 1.74. The smallest absolute Gasteiger partial charge is 0.238 e. The van der Waals surface area contributed by atoms with Gasteiger partial charge in [0.1, 0.15) is 0 Å². The molecule has 0 atom stereocenters. The SMILES string of the molecule is CCCN(CSCCN(CC)CC(=O)Nc1c(C)cccc1C)CC(=O)Nc1c(C)cccc1C. The highest BCUT2D eigenvalue weighted by Crippen LogP contribution is 2.20. The Morgan fingerprint density at radius 3 is 1.63 bits per heavy atom. The van der Waals surface area contributed by atoms with E-state index in [4.69, 9.17) is 0 Å². The minimum absolute atomic E-state index is 0.0185.